The van der Waals surface area contributed by atoms with Gasteiger partial charge in [-0.15, -0.1) is 0 Å². The van der Waals surface area contributed by atoms with Crippen molar-refractivity contribution in [1.82, 2.24) is 0 Å². The minimum atomic E-state index is -0.304. The summed E-state index contributed by atoms with van der Waals surface area (Å²) in [6.07, 6.45) is 3.09. The summed E-state index contributed by atoms with van der Waals surface area (Å²) < 4.78 is 14.3. The van der Waals surface area contributed by atoms with Crippen LogP contribution in [0.5, 0.6) is 0 Å². The summed E-state index contributed by atoms with van der Waals surface area (Å²) in [4.78, 5) is 4.44. The van der Waals surface area contributed by atoms with Gasteiger partial charge in [-0.2, -0.15) is 5.26 Å². The van der Waals surface area contributed by atoms with Crippen LogP contribution in [0, 0.1) is 23.1 Å². The maximum absolute atomic E-state index is 14.3. The monoisotopic (exact) mass is 365 g/mol. The van der Waals surface area contributed by atoms with Crippen LogP contribution in [-0.2, 0) is 6.42 Å². The van der Waals surface area contributed by atoms with Gasteiger partial charge in [-0.25, -0.2) is 4.39 Å². The van der Waals surface area contributed by atoms with Gasteiger partial charge in [0.25, 0.3) is 0 Å². The molecule has 0 bridgehead atoms. The molecule has 1 fully saturated rings. The number of hydrogen-bond donors (Lipinski definition) is 0. The van der Waals surface area contributed by atoms with Gasteiger partial charge in [0.2, 0.25) is 0 Å². The summed E-state index contributed by atoms with van der Waals surface area (Å²) in [5.74, 6) is 0.363. The van der Waals surface area contributed by atoms with E-state index in [1.54, 1.807) is 12.1 Å². The molecule has 1 aliphatic heterocycles. The van der Waals surface area contributed by atoms with E-state index in [0.717, 1.165) is 32.4 Å². The molecule has 3 nitrogen and oxygen atoms in total. The molecule has 142 valence electrons. The van der Waals surface area contributed by atoms with Crippen molar-refractivity contribution in [1.29, 1.82) is 5.26 Å². The average Bonchev–Trinajstić information content (AvgIpc) is 2.67. The molecule has 0 saturated carbocycles. The first-order chi connectivity index (χ1) is 13.0. The van der Waals surface area contributed by atoms with Crippen molar-refractivity contribution in [3.8, 4) is 6.07 Å². The highest BCUT2D eigenvalue weighted by molar-refractivity contribution is 5.52. The van der Waals surface area contributed by atoms with Crippen LogP contribution in [0.3, 0.4) is 0 Å². The highest BCUT2D eigenvalue weighted by atomic mass is 19.1. The van der Waals surface area contributed by atoms with Gasteiger partial charge in [-0.1, -0.05) is 26.0 Å². The van der Waals surface area contributed by atoms with E-state index in [0.29, 0.717) is 23.2 Å². The van der Waals surface area contributed by atoms with E-state index in [4.69, 9.17) is 5.26 Å². The van der Waals surface area contributed by atoms with E-state index in [9.17, 15) is 4.39 Å². The smallest absolute Gasteiger partial charge is 0.147 e. The molecule has 3 rings (SSSR count). The highest BCUT2D eigenvalue weighted by Crippen LogP contribution is 2.27. The minimum absolute atomic E-state index is 0.304. The summed E-state index contributed by atoms with van der Waals surface area (Å²) in [5, 5.41) is 8.89. The molecule has 2 aromatic carbocycles. The predicted molar refractivity (Wildman–Crippen MR) is 110 cm³/mol. The third-order valence-corrected chi connectivity index (χ3v) is 5.42. The first-order valence-electron chi connectivity index (χ1n) is 9.74. The Morgan fingerprint density at radius 1 is 1.15 bits per heavy atom. The van der Waals surface area contributed by atoms with Gasteiger partial charge < -0.3 is 9.80 Å². The Kier molecular flexibility index (Phi) is 6.01. The standard InChI is InChI=1S/C23H28FN3/c1-17(2)14-18-4-7-20(8-5-18)26(3)21-10-12-27(13-11-21)23-9-6-19(16-25)15-22(23)24/h4-9,15,17,21H,10-14H2,1-3H3. The summed E-state index contributed by atoms with van der Waals surface area (Å²) >= 11 is 0. The third kappa shape index (κ3) is 4.60. The number of nitriles is 1. The number of rotatable bonds is 5. The first kappa shape index (κ1) is 19.2. The molecule has 1 heterocycles. The Morgan fingerprint density at radius 2 is 1.81 bits per heavy atom. The fraction of sp³-hybridized carbons (Fsp3) is 0.435. The van der Waals surface area contributed by atoms with Crippen LogP contribution in [0.25, 0.3) is 0 Å². The molecule has 0 radical (unpaired) electrons. The van der Waals surface area contributed by atoms with Crippen LogP contribution in [-0.4, -0.2) is 26.2 Å². The van der Waals surface area contributed by atoms with Crippen LogP contribution >= 0.6 is 0 Å². The van der Waals surface area contributed by atoms with E-state index in [1.807, 2.05) is 6.07 Å². The van der Waals surface area contributed by atoms with Gasteiger partial charge in [0.15, 0.2) is 0 Å². The molecular weight excluding hydrogens is 337 g/mol. The Labute approximate surface area is 162 Å². The van der Waals surface area contributed by atoms with Crippen LogP contribution in [0.2, 0.25) is 0 Å². The molecule has 0 amide bonds. The van der Waals surface area contributed by atoms with E-state index in [1.165, 1.54) is 17.3 Å². The zero-order chi connectivity index (χ0) is 19.4. The molecule has 0 unspecified atom stereocenters. The highest BCUT2D eigenvalue weighted by Gasteiger charge is 2.24. The Bertz CT molecular complexity index is 799. The second-order valence-electron chi connectivity index (χ2n) is 7.87. The van der Waals surface area contributed by atoms with Gasteiger partial charge in [-0.05, 0) is 61.1 Å². The van der Waals surface area contributed by atoms with Crippen molar-refractivity contribution in [2.24, 2.45) is 5.92 Å². The van der Waals surface area contributed by atoms with Crippen LogP contribution in [0.4, 0.5) is 15.8 Å². The molecule has 1 saturated heterocycles. The van der Waals surface area contributed by atoms with Crippen molar-refractivity contribution in [3.63, 3.8) is 0 Å². The lowest BCUT2D eigenvalue weighted by Gasteiger charge is -2.39. The molecule has 4 heteroatoms. The van der Waals surface area contributed by atoms with Crippen molar-refractivity contribution in [2.45, 2.75) is 39.2 Å². The van der Waals surface area contributed by atoms with Crippen molar-refractivity contribution >= 4 is 11.4 Å². The van der Waals surface area contributed by atoms with Gasteiger partial charge in [0.1, 0.15) is 5.82 Å². The largest absolute Gasteiger partial charge is 0.371 e. The average molecular weight is 365 g/mol. The quantitative estimate of drug-likeness (QED) is 0.747. The predicted octanol–water partition coefficient (Wildman–Crippen LogP) is 5.00. The Balaban J connectivity index is 1.61. The number of halogens is 1. The second-order valence-corrected chi connectivity index (χ2v) is 7.87. The number of benzene rings is 2. The summed E-state index contributed by atoms with van der Waals surface area (Å²) in [5.41, 5.74) is 3.60. The third-order valence-electron chi connectivity index (χ3n) is 5.42. The lowest BCUT2D eigenvalue weighted by atomic mass is 10.0. The number of hydrogen-bond acceptors (Lipinski definition) is 3. The maximum atomic E-state index is 14.3. The number of anilines is 2. The molecule has 0 N–H and O–H groups in total. The summed E-state index contributed by atoms with van der Waals surface area (Å²) in [6.45, 7) is 6.13. The van der Waals surface area contributed by atoms with Crippen LogP contribution in [0.15, 0.2) is 42.5 Å². The van der Waals surface area contributed by atoms with E-state index < -0.39 is 0 Å². The molecular formula is C23H28FN3. The molecule has 0 atom stereocenters. The molecule has 0 aliphatic carbocycles. The van der Waals surface area contributed by atoms with Gasteiger partial charge in [0, 0.05) is 31.9 Å². The molecule has 2 aromatic rings. The normalized spacial score (nSPS) is 15.0. The topological polar surface area (TPSA) is 30.3 Å². The molecule has 0 aromatic heterocycles. The fourth-order valence-corrected chi connectivity index (χ4v) is 3.88. The SMILES string of the molecule is CC(C)Cc1ccc(N(C)C2CCN(c3ccc(C#N)cc3F)CC2)cc1. The van der Waals surface area contributed by atoms with Crippen molar-refractivity contribution in [3.05, 3.63) is 59.4 Å². The maximum Gasteiger partial charge on any atom is 0.147 e. The van der Waals surface area contributed by atoms with Gasteiger partial charge in [-0.3, -0.25) is 0 Å². The van der Waals surface area contributed by atoms with E-state index in [2.05, 4.69) is 55.0 Å². The summed E-state index contributed by atoms with van der Waals surface area (Å²) in [7, 11) is 2.15. The van der Waals surface area contributed by atoms with E-state index in [-0.39, 0.29) is 5.82 Å². The van der Waals surface area contributed by atoms with Gasteiger partial charge in [0.05, 0.1) is 17.3 Å². The molecule has 1 aliphatic rings. The minimum Gasteiger partial charge on any atom is -0.371 e. The zero-order valence-electron chi connectivity index (χ0n) is 16.5. The van der Waals surface area contributed by atoms with Crippen LogP contribution < -0.4 is 9.80 Å². The van der Waals surface area contributed by atoms with Gasteiger partial charge >= 0.3 is 0 Å². The Hall–Kier alpha value is -2.54. The van der Waals surface area contributed by atoms with Crippen molar-refractivity contribution in [2.75, 3.05) is 29.9 Å². The summed E-state index contributed by atoms with van der Waals surface area (Å²) in [6, 6.07) is 16.1. The van der Waals surface area contributed by atoms with Crippen LogP contribution in [0.1, 0.15) is 37.8 Å². The zero-order valence-corrected chi connectivity index (χ0v) is 16.5. The Morgan fingerprint density at radius 3 is 2.37 bits per heavy atom. The van der Waals surface area contributed by atoms with E-state index >= 15 is 0 Å². The second kappa shape index (κ2) is 8.43. The van der Waals surface area contributed by atoms with Crippen molar-refractivity contribution < 1.29 is 4.39 Å². The lowest BCUT2D eigenvalue weighted by molar-refractivity contribution is 0.477. The molecule has 0 spiro atoms. The molecule has 27 heavy (non-hydrogen) atoms. The number of piperidine rings is 1. The lowest BCUT2D eigenvalue weighted by Crippen LogP contribution is -2.43. The number of nitrogens with zero attached hydrogens (tertiary/aromatic N) is 3. The first-order valence-corrected chi connectivity index (χ1v) is 9.74. The fourth-order valence-electron chi connectivity index (χ4n) is 3.88.